The molecule has 6 heteroatoms. The maximum absolute atomic E-state index is 13.8. The van der Waals surface area contributed by atoms with E-state index in [-0.39, 0.29) is 42.7 Å². The lowest BCUT2D eigenvalue weighted by Crippen LogP contribution is -2.39. The molecule has 1 N–H and O–H groups in total. The summed E-state index contributed by atoms with van der Waals surface area (Å²) in [7, 11) is 0. The molecule has 2 atom stereocenters. The van der Waals surface area contributed by atoms with Crippen LogP contribution in [-0.2, 0) is 22.7 Å². The van der Waals surface area contributed by atoms with Crippen LogP contribution >= 0.6 is 0 Å². The van der Waals surface area contributed by atoms with Gasteiger partial charge in [-0.05, 0) is 48.6 Å². The minimum Gasteiger partial charge on any atom is -0.467 e. The second-order valence-electron chi connectivity index (χ2n) is 6.72. The van der Waals surface area contributed by atoms with E-state index in [9.17, 15) is 13.6 Å². The number of rotatable bonds is 4. The van der Waals surface area contributed by atoms with E-state index >= 15 is 0 Å². The summed E-state index contributed by atoms with van der Waals surface area (Å²) in [4.78, 5) is 12.6. The molecular formula is C20H19F2NO3. The summed E-state index contributed by atoms with van der Waals surface area (Å²) in [5, 5.41) is 2.89. The molecular weight excluding hydrogens is 340 g/mol. The molecule has 1 amide bonds. The van der Waals surface area contributed by atoms with Gasteiger partial charge in [-0.3, -0.25) is 4.79 Å². The average molecular weight is 359 g/mol. The normalized spacial score (nSPS) is 21.3. The van der Waals surface area contributed by atoms with Crippen LogP contribution < -0.4 is 10.1 Å². The number of amides is 1. The lowest BCUT2D eigenvalue weighted by Gasteiger charge is -2.36. The van der Waals surface area contributed by atoms with Crippen LogP contribution in [0.2, 0.25) is 0 Å². The van der Waals surface area contributed by atoms with E-state index in [4.69, 9.17) is 9.47 Å². The van der Waals surface area contributed by atoms with Crippen molar-refractivity contribution < 1.29 is 23.0 Å². The van der Waals surface area contributed by atoms with E-state index in [1.807, 2.05) is 0 Å². The highest BCUT2D eigenvalue weighted by molar-refractivity contribution is 5.80. The lowest BCUT2D eigenvalue weighted by molar-refractivity contribution is -0.128. The Hall–Kier alpha value is -2.47. The van der Waals surface area contributed by atoms with Gasteiger partial charge in [-0.15, -0.1) is 0 Å². The summed E-state index contributed by atoms with van der Waals surface area (Å²) in [5.74, 6) is -0.197. The van der Waals surface area contributed by atoms with Crippen molar-refractivity contribution in [1.29, 1.82) is 0 Å². The fraction of sp³-hybridized carbons (Fsp3) is 0.350. The van der Waals surface area contributed by atoms with Crippen molar-refractivity contribution in [2.45, 2.75) is 31.9 Å². The smallest absolute Gasteiger partial charge is 0.223 e. The number of hydrogen-bond donors (Lipinski definition) is 1. The molecule has 2 aromatic carbocycles. The first-order valence-corrected chi connectivity index (χ1v) is 8.67. The minimum absolute atomic E-state index is 0.0735. The topological polar surface area (TPSA) is 47.6 Å². The SMILES string of the molecule is O=C(NCc1cc(F)cc2c1OCOC2)C1CCC1c1ccc(F)cc1. The van der Waals surface area contributed by atoms with Gasteiger partial charge in [0.15, 0.2) is 6.79 Å². The molecule has 1 aliphatic heterocycles. The van der Waals surface area contributed by atoms with E-state index in [0.717, 1.165) is 18.4 Å². The molecule has 1 saturated carbocycles. The quantitative estimate of drug-likeness (QED) is 0.907. The Labute approximate surface area is 150 Å². The third-order valence-corrected chi connectivity index (χ3v) is 5.11. The zero-order valence-electron chi connectivity index (χ0n) is 14.1. The fourth-order valence-electron chi connectivity index (χ4n) is 3.62. The molecule has 0 spiro atoms. The summed E-state index contributed by atoms with van der Waals surface area (Å²) < 4.78 is 37.5. The average Bonchev–Trinajstić information content (AvgIpc) is 2.60. The highest BCUT2D eigenvalue weighted by Gasteiger charge is 2.37. The number of nitrogens with one attached hydrogen (secondary N) is 1. The number of hydrogen-bond acceptors (Lipinski definition) is 3. The van der Waals surface area contributed by atoms with Crippen LogP contribution in [0.1, 0.15) is 35.4 Å². The van der Waals surface area contributed by atoms with Gasteiger partial charge in [0.2, 0.25) is 5.91 Å². The number of carbonyl (C=O) groups excluding carboxylic acids is 1. The second-order valence-corrected chi connectivity index (χ2v) is 6.72. The Bertz CT molecular complexity index is 823. The van der Waals surface area contributed by atoms with Crippen molar-refractivity contribution in [1.82, 2.24) is 5.32 Å². The molecule has 4 nitrogen and oxygen atoms in total. The Kier molecular flexibility index (Phi) is 4.59. The predicted molar refractivity (Wildman–Crippen MR) is 90.4 cm³/mol. The van der Waals surface area contributed by atoms with E-state index in [1.54, 1.807) is 12.1 Å². The van der Waals surface area contributed by atoms with Crippen LogP contribution in [0.15, 0.2) is 36.4 Å². The standard InChI is InChI=1S/C20H19F2NO3/c21-15-3-1-12(2-4-15)17-5-6-18(17)20(24)23-9-13-7-16(22)8-14-10-25-11-26-19(13)14/h1-4,7-8,17-18H,5-6,9-11H2,(H,23,24). The Morgan fingerprint density at radius 1 is 1.12 bits per heavy atom. The van der Waals surface area contributed by atoms with Gasteiger partial charge in [-0.1, -0.05) is 12.1 Å². The molecule has 2 aromatic rings. The predicted octanol–water partition coefficient (Wildman–Crippen LogP) is 3.64. The van der Waals surface area contributed by atoms with Crippen LogP contribution in [0.3, 0.4) is 0 Å². The molecule has 2 unspecified atom stereocenters. The van der Waals surface area contributed by atoms with Gasteiger partial charge >= 0.3 is 0 Å². The summed E-state index contributed by atoms with van der Waals surface area (Å²) in [6.07, 6.45) is 1.69. The second kappa shape index (κ2) is 7.03. The first kappa shape index (κ1) is 17.0. The first-order valence-electron chi connectivity index (χ1n) is 8.67. The van der Waals surface area contributed by atoms with Gasteiger partial charge in [-0.25, -0.2) is 8.78 Å². The number of benzene rings is 2. The van der Waals surface area contributed by atoms with E-state index in [2.05, 4.69) is 5.32 Å². The van der Waals surface area contributed by atoms with Crippen molar-refractivity contribution in [3.05, 3.63) is 64.7 Å². The van der Waals surface area contributed by atoms with Crippen LogP contribution in [0.4, 0.5) is 8.78 Å². The first-order chi connectivity index (χ1) is 12.6. The molecule has 26 heavy (non-hydrogen) atoms. The molecule has 136 valence electrons. The van der Waals surface area contributed by atoms with Crippen molar-refractivity contribution >= 4 is 5.91 Å². The maximum atomic E-state index is 13.8. The molecule has 0 radical (unpaired) electrons. The molecule has 0 aromatic heterocycles. The maximum Gasteiger partial charge on any atom is 0.223 e. The molecule has 2 aliphatic rings. The van der Waals surface area contributed by atoms with Gasteiger partial charge in [0.05, 0.1) is 6.61 Å². The lowest BCUT2D eigenvalue weighted by atomic mass is 9.69. The van der Waals surface area contributed by atoms with Crippen molar-refractivity contribution in [3.8, 4) is 5.75 Å². The van der Waals surface area contributed by atoms with E-state index in [1.165, 1.54) is 24.3 Å². The highest BCUT2D eigenvalue weighted by Crippen LogP contribution is 2.42. The number of fused-ring (bicyclic) bond motifs is 1. The third kappa shape index (κ3) is 3.29. The van der Waals surface area contributed by atoms with Gasteiger partial charge in [0, 0.05) is 23.6 Å². The number of halogens is 2. The molecule has 1 heterocycles. The van der Waals surface area contributed by atoms with Crippen LogP contribution in [0.25, 0.3) is 0 Å². The number of ether oxygens (including phenoxy) is 2. The third-order valence-electron chi connectivity index (χ3n) is 5.11. The fourth-order valence-corrected chi connectivity index (χ4v) is 3.62. The van der Waals surface area contributed by atoms with Gasteiger partial charge in [-0.2, -0.15) is 0 Å². The van der Waals surface area contributed by atoms with Crippen LogP contribution in [0.5, 0.6) is 5.75 Å². The minimum atomic E-state index is -0.380. The van der Waals surface area contributed by atoms with Gasteiger partial charge in [0.25, 0.3) is 0 Å². The summed E-state index contributed by atoms with van der Waals surface area (Å²) in [5.41, 5.74) is 2.23. The summed E-state index contributed by atoms with van der Waals surface area (Å²) in [6.45, 7) is 0.615. The summed E-state index contributed by atoms with van der Waals surface area (Å²) >= 11 is 0. The van der Waals surface area contributed by atoms with Crippen molar-refractivity contribution in [2.75, 3.05) is 6.79 Å². The summed E-state index contributed by atoms with van der Waals surface area (Å²) in [6, 6.07) is 9.06. The highest BCUT2D eigenvalue weighted by atomic mass is 19.1. The zero-order chi connectivity index (χ0) is 18.1. The molecule has 4 rings (SSSR count). The van der Waals surface area contributed by atoms with E-state index in [0.29, 0.717) is 23.5 Å². The van der Waals surface area contributed by atoms with Crippen LogP contribution in [-0.4, -0.2) is 12.7 Å². The number of carbonyl (C=O) groups is 1. The van der Waals surface area contributed by atoms with Crippen molar-refractivity contribution in [2.24, 2.45) is 5.92 Å². The zero-order valence-corrected chi connectivity index (χ0v) is 14.1. The Morgan fingerprint density at radius 3 is 2.65 bits per heavy atom. The molecule has 0 saturated heterocycles. The van der Waals surface area contributed by atoms with Crippen LogP contribution in [0, 0.1) is 17.6 Å². The van der Waals surface area contributed by atoms with Gasteiger partial charge < -0.3 is 14.8 Å². The van der Waals surface area contributed by atoms with Crippen molar-refractivity contribution in [3.63, 3.8) is 0 Å². The largest absolute Gasteiger partial charge is 0.467 e. The van der Waals surface area contributed by atoms with E-state index < -0.39 is 0 Å². The molecule has 1 aliphatic carbocycles. The Balaban J connectivity index is 1.43. The van der Waals surface area contributed by atoms with Gasteiger partial charge in [0.1, 0.15) is 17.4 Å². The Morgan fingerprint density at radius 2 is 1.92 bits per heavy atom. The monoisotopic (exact) mass is 359 g/mol. The molecule has 0 bridgehead atoms. The molecule has 1 fully saturated rings.